The number of aromatic nitrogens is 2. The van der Waals surface area contributed by atoms with Crippen LogP contribution in [0.2, 0.25) is 0 Å². The zero-order chi connectivity index (χ0) is 16.7. The van der Waals surface area contributed by atoms with Crippen LogP contribution in [0.15, 0.2) is 47.6 Å². The Hall–Kier alpha value is -2.84. The number of amides is 2. The van der Waals surface area contributed by atoms with Crippen molar-refractivity contribution in [2.75, 3.05) is 0 Å². The smallest absolute Gasteiger partial charge is 0.264 e. The van der Waals surface area contributed by atoms with Gasteiger partial charge in [-0.05, 0) is 18.3 Å². The van der Waals surface area contributed by atoms with E-state index >= 15 is 0 Å². The maximum Gasteiger partial charge on any atom is 0.264 e. The molecule has 1 aliphatic rings. The van der Waals surface area contributed by atoms with Crippen molar-refractivity contribution in [3.8, 4) is 10.6 Å². The molecule has 2 amide bonds. The molecule has 0 radical (unpaired) electrons. The molecule has 4 rings (SSSR count). The maximum absolute atomic E-state index is 12.0. The first-order chi connectivity index (χ1) is 11.6. The van der Waals surface area contributed by atoms with Crippen LogP contribution in [0.1, 0.15) is 0 Å². The molecule has 0 saturated carbocycles. The van der Waals surface area contributed by atoms with Gasteiger partial charge in [-0.25, -0.2) is 4.98 Å². The molecular formula is C16H10N4O2S2. The molecule has 3 aromatic rings. The Morgan fingerprint density at radius 2 is 1.92 bits per heavy atom. The van der Waals surface area contributed by atoms with Crippen molar-refractivity contribution in [3.63, 3.8) is 0 Å². The van der Waals surface area contributed by atoms with Gasteiger partial charge in [-0.15, -0.1) is 11.3 Å². The highest BCUT2D eigenvalue weighted by molar-refractivity contribution is 7.80. The van der Waals surface area contributed by atoms with E-state index in [1.807, 2.05) is 35.8 Å². The van der Waals surface area contributed by atoms with Crippen LogP contribution in [0.5, 0.6) is 0 Å². The Balaban J connectivity index is 1.89. The van der Waals surface area contributed by atoms with Crippen LogP contribution in [0.25, 0.3) is 27.7 Å². The molecule has 8 heteroatoms. The molecule has 0 spiro atoms. The largest absolute Gasteiger partial charge is 0.322 e. The van der Waals surface area contributed by atoms with Crippen molar-refractivity contribution in [1.29, 1.82) is 0 Å². The van der Waals surface area contributed by atoms with E-state index in [1.165, 1.54) is 17.5 Å². The first kappa shape index (κ1) is 14.7. The second kappa shape index (κ2) is 5.66. The number of hydrogen-bond donors (Lipinski definition) is 2. The third-order valence-corrected chi connectivity index (χ3v) is 4.63. The van der Waals surface area contributed by atoms with E-state index < -0.39 is 11.8 Å². The summed E-state index contributed by atoms with van der Waals surface area (Å²) in [6.45, 7) is 0. The third-order valence-electron chi connectivity index (χ3n) is 3.61. The summed E-state index contributed by atoms with van der Waals surface area (Å²) in [4.78, 5) is 28.4. The van der Waals surface area contributed by atoms with Crippen molar-refractivity contribution in [3.05, 3.63) is 47.6 Å². The number of rotatable bonds is 2. The highest BCUT2D eigenvalue weighted by atomic mass is 32.1. The summed E-state index contributed by atoms with van der Waals surface area (Å²) in [6.07, 6.45) is 5.11. The lowest BCUT2D eigenvalue weighted by atomic mass is 10.2. The summed E-state index contributed by atoms with van der Waals surface area (Å²) >= 11 is 6.34. The van der Waals surface area contributed by atoms with E-state index in [4.69, 9.17) is 12.2 Å². The Bertz CT molecular complexity index is 996. The van der Waals surface area contributed by atoms with Gasteiger partial charge in [-0.3, -0.25) is 20.2 Å². The number of thiocarbonyl (C=S) groups is 1. The molecule has 0 atom stereocenters. The normalized spacial score (nSPS) is 14.7. The lowest BCUT2D eigenvalue weighted by Gasteiger charge is -2.16. The fourth-order valence-corrected chi connectivity index (χ4v) is 3.42. The molecule has 2 aromatic heterocycles. The zero-order valence-corrected chi connectivity index (χ0v) is 13.8. The molecule has 1 aliphatic heterocycles. The summed E-state index contributed by atoms with van der Waals surface area (Å²) < 4.78 is 1.76. The highest BCUT2D eigenvalue weighted by Crippen LogP contribution is 2.32. The van der Waals surface area contributed by atoms with Gasteiger partial charge in [0.15, 0.2) is 5.11 Å². The van der Waals surface area contributed by atoms with Crippen LogP contribution in [0, 0.1) is 0 Å². The van der Waals surface area contributed by atoms with Gasteiger partial charge in [0.25, 0.3) is 11.8 Å². The number of nitrogens with one attached hydrogen (secondary N) is 2. The van der Waals surface area contributed by atoms with E-state index in [-0.39, 0.29) is 10.7 Å². The summed E-state index contributed by atoms with van der Waals surface area (Å²) in [5, 5.41) is 8.66. The van der Waals surface area contributed by atoms with Gasteiger partial charge in [-0.1, -0.05) is 18.2 Å². The van der Waals surface area contributed by atoms with Gasteiger partial charge in [0.1, 0.15) is 10.6 Å². The summed E-state index contributed by atoms with van der Waals surface area (Å²) in [7, 11) is 0. The molecule has 0 bridgehead atoms. The molecular weight excluding hydrogens is 344 g/mol. The molecule has 3 heterocycles. The predicted molar refractivity (Wildman–Crippen MR) is 96.2 cm³/mol. The predicted octanol–water partition coefficient (Wildman–Crippen LogP) is 2.14. The Morgan fingerprint density at radius 1 is 1.17 bits per heavy atom. The second-order valence-corrected chi connectivity index (χ2v) is 6.39. The average molecular weight is 354 g/mol. The topological polar surface area (TPSA) is 76.0 Å². The average Bonchev–Trinajstić information content (AvgIpc) is 3.19. The van der Waals surface area contributed by atoms with Gasteiger partial charge in [0.05, 0.1) is 5.52 Å². The minimum atomic E-state index is -0.516. The number of carbonyl (C=O) groups excluding carboxylic acids is 2. The Kier molecular flexibility index (Phi) is 3.47. The first-order valence-corrected chi connectivity index (χ1v) is 8.30. The van der Waals surface area contributed by atoms with Crippen LogP contribution < -0.4 is 10.6 Å². The lowest BCUT2D eigenvalue weighted by Crippen LogP contribution is -2.51. The minimum Gasteiger partial charge on any atom is -0.322 e. The van der Waals surface area contributed by atoms with Gasteiger partial charge in [-0.2, -0.15) is 0 Å². The molecule has 1 aromatic carbocycles. The third kappa shape index (κ3) is 2.41. The van der Waals surface area contributed by atoms with Crippen LogP contribution in [0.4, 0.5) is 0 Å². The van der Waals surface area contributed by atoms with E-state index in [9.17, 15) is 9.59 Å². The number of hydrogen-bond acceptors (Lipinski definition) is 5. The molecule has 6 nitrogen and oxygen atoms in total. The summed E-state index contributed by atoms with van der Waals surface area (Å²) in [5.74, 6) is -1.03. The number of thiazole rings is 1. The van der Waals surface area contributed by atoms with Crippen LogP contribution in [0.3, 0.4) is 0 Å². The van der Waals surface area contributed by atoms with Crippen molar-refractivity contribution in [1.82, 2.24) is 20.2 Å². The van der Waals surface area contributed by atoms with Crippen LogP contribution >= 0.6 is 23.6 Å². The van der Waals surface area contributed by atoms with E-state index in [0.717, 1.165) is 21.5 Å². The monoisotopic (exact) mass is 354 g/mol. The lowest BCUT2D eigenvalue weighted by molar-refractivity contribution is -0.123. The van der Waals surface area contributed by atoms with E-state index in [1.54, 1.807) is 10.8 Å². The number of benzene rings is 1. The minimum absolute atomic E-state index is 0.00459. The number of nitrogens with zero attached hydrogens (tertiary/aromatic N) is 2. The Labute approximate surface area is 145 Å². The van der Waals surface area contributed by atoms with Crippen molar-refractivity contribution in [2.24, 2.45) is 0 Å². The van der Waals surface area contributed by atoms with Crippen molar-refractivity contribution in [2.45, 2.75) is 0 Å². The van der Waals surface area contributed by atoms with Gasteiger partial charge < -0.3 is 4.57 Å². The quantitative estimate of drug-likeness (QED) is 0.420. The second-order valence-electron chi connectivity index (χ2n) is 5.08. The number of carbonyl (C=O) groups is 2. The summed E-state index contributed by atoms with van der Waals surface area (Å²) in [5.41, 5.74) is 1.82. The fourth-order valence-electron chi connectivity index (χ4n) is 2.57. The fraction of sp³-hybridized carbons (Fsp3) is 0. The molecule has 24 heavy (non-hydrogen) atoms. The molecule has 0 aliphatic carbocycles. The summed E-state index contributed by atoms with van der Waals surface area (Å²) in [6, 6.07) is 7.75. The zero-order valence-electron chi connectivity index (χ0n) is 12.1. The van der Waals surface area contributed by atoms with Crippen molar-refractivity contribution < 1.29 is 9.59 Å². The van der Waals surface area contributed by atoms with E-state index in [0.29, 0.717) is 0 Å². The van der Waals surface area contributed by atoms with Crippen molar-refractivity contribution >= 4 is 57.6 Å². The SMILES string of the molecule is O=C1NC(=S)NC(=O)C1=Cn1cc(-c2nccs2)c2ccccc21. The van der Waals surface area contributed by atoms with Crippen LogP contribution in [-0.4, -0.2) is 26.5 Å². The molecule has 118 valence electrons. The van der Waals surface area contributed by atoms with Gasteiger partial charge in [0, 0.05) is 34.9 Å². The van der Waals surface area contributed by atoms with Gasteiger partial charge in [0.2, 0.25) is 0 Å². The van der Waals surface area contributed by atoms with Gasteiger partial charge >= 0.3 is 0 Å². The molecule has 0 unspecified atom stereocenters. The molecule has 1 saturated heterocycles. The number of fused-ring (bicyclic) bond motifs is 1. The van der Waals surface area contributed by atoms with Crippen LogP contribution in [-0.2, 0) is 9.59 Å². The van der Waals surface area contributed by atoms with E-state index in [2.05, 4.69) is 15.6 Å². The highest BCUT2D eigenvalue weighted by Gasteiger charge is 2.26. The number of para-hydroxylation sites is 1. The molecule has 1 fully saturated rings. The maximum atomic E-state index is 12.0. The first-order valence-electron chi connectivity index (χ1n) is 7.01. The Morgan fingerprint density at radius 3 is 2.62 bits per heavy atom. The standard InChI is InChI=1S/C16H10N4O2S2/c21-13-11(14(22)19-16(23)18-13)8-20-7-10(15-17-5-6-24-15)9-3-1-2-4-12(9)20/h1-8H,(H2,18,19,21,22,23). The molecule has 2 N–H and O–H groups in total.